The van der Waals surface area contributed by atoms with Crippen LogP contribution >= 0.6 is 0 Å². The van der Waals surface area contributed by atoms with E-state index < -0.39 is 10.0 Å². The van der Waals surface area contributed by atoms with Gasteiger partial charge in [0.05, 0.1) is 0 Å². The molecule has 1 N–H and O–H groups in total. The Morgan fingerprint density at radius 2 is 2.00 bits per heavy atom. The maximum atomic E-state index is 12.9. The van der Waals surface area contributed by atoms with Gasteiger partial charge in [0.15, 0.2) is 0 Å². The van der Waals surface area contributed by atoms with Crippen molar-refractivity contribution in [2.24, 2.45) is 0 Å². The van der Waals surface area contributed by atoms with E-state index in [1.54, 1.807) is 10.5 Å². The maximum Gasteiger partial charge on any atom is 0.244 e. The molecule has 0 amide bonds. The molecule has 0 atom stereocenters. The van der Waals surface area contributed by atoms with Gasteiger partial charge in [0.1, 0.15) is 4.90 Å². The van der Waals surface area contributed by atoms with E-state index in [9.17, 15) is 8.42 Å². The molecule has 0 bridgehead atoms. The first-order chi connectivity index (χ1) is 10.0. The normalized spacial score (nSPS) is 17.0. The highest BCUT2D eigenvalue weighted by Crippen LogP contribution is 2.29. The number of hydrogen-bond acceptors (Lipinski definition) is 3. The van der Waals surface area contributed by atoms with Crippen LogP contribution in [0.4, 0.5) is 0 Å². The molecule has 1 saturated carbocycles. The minimum absolute atomic E-state index is 0.178. The van der Waals surface area contributed by atoms with Crippen LogP contribution in [0.2, 0.25) is 0 Å². The van der Waals surface area contributed by atoms with Crippen LogP contribution in [-0.4, -0.2) is 36.9 Å². The first kappa shape index (κ1) is 16.5. The van der Waals surface area contributed by atoms with Crippen molar-refractivity contribution in [3.05, 3.63) is 18.0 Å². The lowest BCUT2D eigenvalue weighted by molar-refractivity contribution is 0.335. The molecule has 1 aliphatic rings. The zero-order valence-electron chi connectivity index (χ0n) is 13.3. The predicted octanol–water partition coefficient (Wildman–Crippen LogP) is 2.18. The van der Waals surface area contributed by atoms with Gasteiger partial charge in [-0.15, -0.1) is 0 Å². The molecular formula is C15H27N3O2S. The summed E-state index contributed by atoms with van der Waals surface area (Å²) < 4.78 is 29.6. The fourth-order valence-corrected chi connectivity index (χ4v) is 5.00. The van der Waals surface area contributed by atoms with Crippen molar-refractivity contribution in [1.29, 1.82) is 0 Å². The Kier molecular flexibility index (Phi) is 5.46. The molecule has 1 aliphatic carbocycles. The summed E-state index contributed by atoms with van der Waals surface area (Å²) in [6, 6.07) is 1.99. The topological polar surface area (TPSA) is 54.3 Å². The molecule has 0 unspecified atom stereocenters. The summed E-state index contributed by atoms with van der Waals surface area (Å²) in [5.74, 6) is 0. The Labute approximate surface area is 128 Å². The second-order valence-corrected chi connectivity index (χ2v) is 7.52. The van der Waals surface area contributed by atoms with Gasteiger partial charge >= 0.3 is 0 Å². The van der Waals surface area contributed by atoms with E-state index in [-0.39, 0.29) is 6.04 Å². The van der Waals surface area contributed by atoms with Crippen LogP contribution < -0.4 is 5.32 Å². The molecule has 120 valence electrons. The molecule has 5 nitrogen and oxygen atoms in total. The second kappa shape index (κ2) is 6.94. The molecule has 0 saturated heterocycles. The summed E-state index contributed by atoms with van der Waals surface area (Å²) in [6.45, 7) is 5.97. The highest BCUT2D eigenvalue weighted by atomic mass is 32.2. The third kappa shape index (κ3) is 3.33. The van der Waals surface area contributed by atoms with E-state index in [1.807, 2.05) is 31.5 Å². The van der Waals surface area contributed by atoms with Crippen molar-refractivity contribution in [2.75, 3.05) is 13.6 Å². The predicted molar refractivity (Wildman–Crippen MR) is 84.7 cm³/mol. The number of hydrogen-bond donors (Lipinski definition) is 1. The largest absolute Gasteiger partial charge is 0.349 e. The van der Waals surface area contributed by atoms with Crippen LogP contribution in [0.1, 0.15) is 45.2 Å². The van der Waals surface area contributed by atoms with Crippen molar-refractivity contribution in [1.82, 2.24) is 14.2 Å². The first-order valence-corrected chi connectivity index (χ1v) is 9.34. The molecular weight excluding hydrogens is 286 g/mol. The molecule has 1 fully saturated rings. The van der Waals surface area contributed by atoms with Gasteiger partial charge in [0, 0.05) is 37.6 Å². The monoisotopic (exact) mass is 313 g/mol. The molecule has 1 aromatic rings. The molecule has 1 heterocycles. The molecule has 0 spiro atoms. The smallest absolute Gasteiger partial charge is 0.244 e. The van der Waals surface area contributed by atoms with Gasteiger partial charge in [-0.2, -0.15) is 4.31 Å². The Morgan fingerprint density at radius 1 is 1.33 bits per heavy atom. The van der Waals surface area contributed by atoms with Crippen LogP contribution in [0.3, 0.4) is 0 Å². The van der Waals surface area contributed by atoms with E-state index in [0.29, 0.717) is 18.0 Å². The Hall–Kier alpha value is -0.850. The third-order valence-corrected chi connectivity index (χ3v) is 6.30. The number of sulfonamides is 1. The van der Waals surface area contributed by atoms with E-state index in [2.05, 4.69) is 5.32 Å². The third-order valence-electron chi connectivity index (χ3n) is 4.31. The van der Waals surface area contributed by atoms with Crippen LogP contribution in [0.5, 0.6) is 0 Å². The highest BCUT2D eigenvalue weighted by molar-refractivity contribution is 7.89. The minimum Gasteiger partial charge on any atom is -0.349 e. The standard InChI is InChI=1S/C15H27N3O2S/c1-4-17-12-15(10-14(17)11-16-3)21(19,20)18(5-2)13-8-6-7-9-13/h10,12-13,16H,4-9,11H2,1-3H3. The van der Waals surface area contributed by atoms with Gasteiger partial charge in [-0.05, 0) is 32.9 Å². The van der Waals surface area contributed by atoms with Gasteiger partial charge in [-0.3, -0.25) is 0 Å². The first-order valence-electron chi connectivity index (χ1n) is 7.90. The molecule has 21 heavy (non-hydrogen) atoms. The fourth-order valence-electron chi connectivity index (χ4n) is 3.24. The van der Waals surface area contributed by atoms with Gasteiger partial charge in [-0.1, -0.05) is 19.8 Å². The molecule has 2 rings (SSSR count). The maximum absolute atomic E-state index is 12.9. The number of nitrogens with zero attached hydrogens (tertiary/aromatic N) is 2. The highest BCUT2D eigenvalue weighted by Gasteiger charge is 2.32. The quantitative estimate of drug-likeness (QED) is 0.839. The lowest BCUT2D eigenvalue weighted by atomic mass is 10.2. The second-order valence-electron chi connectivity index (χ2n) is 5.63. The molecule has 0 aromatic carbocycles. The number of rotatable bonds is 7. The van der Waals surface area contributed by atoms with E-state index in [0.717, 1.165) is 37.9 Å². The van der Waals surface area contributed by atoms with Gasteiger partial charge in [-0.25, -0.2) is 8.42 Å². The van der Waals surface area contributed by atoms with Crippen LogP contribution in [0.25, 0.3) is 0 Å². The number of aromatic nitrogens is 1. The lowest BCUT2D eigenvalue weighted by Gasteiger charge is -2.26. The molecule has 6 heteroatoms. The van der Waals surface area contributed by atoms with Crippen LogP contribution in [0.15, 0.2) is 17.2 Å². The number of nitrogens with one attached hydrogen (secondary N) is 1. The molecule has 1 aromatic heterocycles. The summed E-state index contributed by atoms with van der Waals surface area (Å²) in [4.78, 5) is 0.434. The van der Waals surface area contributed by atoms with Crippen LogP contribution in [-0.2, 0) is 23.1 Å². The average molecular weight is 313 g/mol. The van der Waals surface area contributed by atoms with Gasteiger partial charge in [0.2, 0.25) is 10.0 Å². The summed E-state index contributed by atoms with van der Waals surface area (Å²) in [6.07, 6.45) is 6.03. The Bertz CT molecular complexity index is 559. The number of aryl methyl sites for hydroxylation is 1. The zero-order chi connectivity index (χ0) is 15.5. The van der Waals surface area contributed by atoms with Gasteiger partial charge in [0.25, 0.3) is 0 Å². The zero-order valence-corrected chi connectivity index (χ0v) is 14.1. The molecule has 0 aliphatic heterocycles. The van der Waals surface area contributed by atoms with Crippen molar-refractivity contribution in [3.8, 4) is 0 Å². The van der Waals surface area contributed by atoms with Gasteiger partial charge < -0.3 is 9.88 Å². The van der Waals surface area contributed by atoms with E-state index in [4.69, 9.17) is 0 Å². The lowest BCUT2D eigenvalue weighted by Crippen LogP contribution is -2.38. The average Bonchev–Trinajstić information content (AvgIpc) is 3.09. The minimum atomic E-state index is -3.38. The summed E-state index contributed by atoms with van der Waals surface area (Å²) >= 11 is 0. The van der Waals surface area contributed by atoms with Crippen molar-refractivity contribution in [3.63, 3.8) is 0 Å². The Balaban J connectivity index is 2.33. The SMILES string of the molecule is CCN(C1CCCC1)S(=O)(=O)c1cc(CNC)n(CC)c1. The summed E-state index contributed by atoms with van der Waals surface area (Å²) in [5.41, 5.74) is 1.01. The van der Waals surface area contributed by atoms with Crippen molar-refractivity contribution >= 4 is 10.0 Å². The summed E-state index contributed by atoms with van der Waals surface area (Å²) in [7, 11) is -1.51. The van der Waals surface area contributed by atoms with Crippen molar-refractivity contribution in [2.45, 2.75) is 63.6 Å². The van der Waals surface area contributed by atoms with E-state index >= 15 is 0 Å². The molecule has 0 radical (unpaired) electrons. The fraction of sp³-hybridized carbons (Fsp3) is 0.733. The van der Waals surface area contributed by atoms with Crippen molar-refractivity contribution < 1.29 is 8.42 Å². The Morgan fingerprint density at radius 3 is 2.52 bits per heavy atom. The van der Waals surface area contributed by atoms with Crippen LogP contribution in [0, 0.1) is 0 Å². The van der Waals surface area contributed by atoms with E-state index in [1.165, 1.54) is 0 Å². The summed E-state index contributed by atoms with van der Waals surface area (Å²) in [5, 5.41) is 3.09.